The lowest BCUT2D eigenvalue weighted by Crippen LogP contribution is -2.20. The van der Waals surface area contributed by atoms with E-state index in [0.717, 1.165) is 28.6 Å². The van der Waals surface area contributed by atoms with Crippen LogP contribution in [0.25, 0.3) is 22.2 Å². The van der Waals surface area contributed by atoms with Gasteiger partial charge in [0.15, 0.2) is 5.82 Å². The number of nitrogens with one attached hydrogen (secondary N) is 2. The van der Waals surface area contributed by atoms with E-state index in [1.807, 2.05) is 18.3 Å². The van der Waals surface area contributed by atoms with Crippen LogP contribution in [0.15, 0.2) is 90.2 Å². The summed E-state index contributed by atoms with van der Waals surface area (Å²) in [5.41, 5.74) is 1.98. The fraction of sp³-hybridized carbons (Fsp3) is 0.0769. The Morgan fingerprint density at radius 2 is 1.65 bits per heavy atom. The zero-order chi connectivity index (χ0) is 26.2. The Hall–Kier alpha value is -4.25. The number of nitrogens with zero attached hydrogens (tertiary/aromatic N) is 2. The van der Waals surface area contributed by atoms with E-state index in [0.29, 0.717) is 23.6 Å². The first kappa shape index (κ1) is 24.4. The normalized spacial score (nSPS) is 12.1. The van der Waals surface area contributed by atoms with Crippen molar-refractivity contribution < 1.29 is 26.0 Å². The van der Waals surface area contributed by atoms with Gasteiger partial charge in [-0.1, -0.05) is 36.4 Å². The fourth-order valence-corrected chi connectivity index (χ4v) is 5.29. The van der Waals surface area contributed by atoms with Gasteiger partial charge in [-0.05, 0) is 47.9 Å². The molecule has 0 aliphatic heterocycles. The van der Waals surface area contributed by atoms with Gasteiger partial charge in [-0.2, -0.15) is 13.2 Å². The standard InChI is InChI=1S/C26H18F4N4O2S/c27-19-9-10-20-18(15-33-22(20)14-19)13-16-5-7-17(8-6-16)24-25(32-12-11-31-24)34-37(35,36)23-4-2-1-3-21(23)26(28,29)30/h1-12,14-15,33H,13H2,(H,32,34). The van der Waals surface area contributed by atoms with Gasteiger partial charge in [-0.15, -0.1) is 0 Å². The van der Waals surface area contributed by atoms with Crippen LogP contribution in [-0.4, -0.2) is 23.4 Å². The minimum atomic E-state index is -4.86. The molecule has 0 saturated carbocycles. The zero-order valence-electron chi connectivity index (χ0n) is 18.9. The Morgan fingerprint density at radius 3 is 2.41 bits per heavy atom. The summed E-state index contributed by atoms with van der Waals surface area (Å²) in [5, 5.41) is 0.898. The molecule has 5 aromatic rings. The summed E-state index contributed by atoms with van der Waals surface area (Å²) in [6.45, 7) is 0. The quantitative estimate of drug-likeness (QED) is 0.259. The second kappa shape index (κ2) is 9.32. The van der Waals surface area contributed by atoms with Crippen LogP contribution in [-0.2, 0) is 22.6 Å². The van der Waals surface area contributed by atoms with Gasteiger partial charge in [0.1, 0.15) is 11.5 Å². The number of hydrogen-bond acceptors (Lipinski definition) is 4. The third-order valence-electron chi connectivity index (χ3n) is 5.76. The van der Waals surface area contributed by atoms with Crippen molar-refractivity contribution in [1.29, 1.82) is 0 Å². The van der Waals surface area contributed by atoms with Crippen LogP contribution in [0, 0.1) is 5.82 Å². The number of sulfonamides is 1. The molecule has 0 aliphatic rings. The van der Waals surface area contributed by atoms with Crippen LogP contribution in [0.2, 0.25) is 0 Å². The van der Waals surface area contributed by atoms with Crippen LogP contribution < -0.4 is 4.72 Å². The number of fused-ring (bicyclic) bond motifs is 1. The number of benzene rings is 3. The molecule has 0 aliphatic carbocycles. The number of alkyl halides is 3. The second-order valence-corrected chi connectivity index (χ2v) is 9.88. The number of aromatic amines is 1. The predicted molar refractivity (Wildman–Crippen MR) is 131 cm³/mol. The average molecular weight is 527 g/mol. The SMILES string of the molecule is O=S(=O)(Nc1nccnc1-c1ccc(Cc2c[nH]c3cc(F)ccc23)cc1)c1ccccc1C(F)(F)F. The Morgan fingerprint density at radius 1 is 0.919 bits per heavy atom. The van der Waals surface area contributed by atoms with Crippen LogP contribution in [0.4, 0.5) is 23.4 Å². The van der Waals surface area contributed by atoms with Crippen molar-refractivity contribution >= 4 is 26.7 Å². The smallest absolute Gasteiger partial charge is 0.361 e. The molecule has 0 unspecified atom stereocenters. The fourth-order valence-electron chi connectivity index (χ4n) is 4.05. The minimum absolute atomic E-state index is 0.157. The van der Waals surface area contributed by atoms with Gasteiger partial charge in [-0.3, -0.25) is 9.71 Å². The molecule has 11 heteroatoms. The first-order valence-corrected chi connectivity index (χ1v) is 12.4. The molecule has 3 aromatic carbocycles. The number of rotatable bonds is 6. The lowest BCUT2D eigenvalue weighted by molar-refractivity contribution is -0.139. The molecule has 2 heterocycles. The topological polar surface area (TPSA) is 87.7 Å². The van der Waals surface area contributed by atoms with E-state index >= 15 is 0 Å². The zero-order valence-corrected chi connectivity index (χ0v) is 19.7. The van der Waals surface area contributed by atoms with Crippen LogP contribution in [0.1, 0.15) is 16.7 Å². The summed E-state index contributed by atoms with van der Waals surface area (Å²) >= 11 is 0. The van der Waals surface area contributed by atoms with Crippen molar-refractivity contribution in [1.82, 2.24) is 15.0 Å². The van der Waals surface area contributed by atoms with Crippen molar-refractivity contribution in [3.05, 3.63) is 108 Å². The molecule has 5 rings (SSSR count). The second-order valence-electron chi connectivity index (χ2n) is 8.23. The van der Waals surface area contributed by atoms with Crippen molar-refractivity contribution in [2.75, 3.05) is 4.72 Å². The van der Waals surface area contributed by atoms with E-state index in [-0.39, 0.29) is 17.3 Å². The van der Waals surface area contributed by atoms with Crippen molar-refractivity contribution in [3.63, 3.8) is 0 Å². The Balaban J connectivity index is 1.42. The van der Waals surface area contributed by atoms with Gasteiger partial charge >= 0.3 is 6.18 Å². The molecule has 2 aromatic heterocycles. The number of halogens is 4. The lowest BCUT2D eigenvalue weighted by Gasteiger charge is -2.15. The van der Waals surface area contributed by atoms with Gasteiger partial charge in [-0.25, -0.2) is 17.8 Å². The molecule has 0 amide bonds. The van der Waals surface area contributed by atoms with Gasteiger partial charge < -0.3 is 4.98 Å². The van der Waals surface area contributed by atoms with Gasteiger partial charge in [0, 0.05) is 35.1 Å². The summed E-state index contributed by atoms with van der Waals surface area (Å²) < 4.78 is 81.6. The molecule has 0 bridgehead atoms. The van der Waals surface area contributed by atoms with E-state index in [1.54, 1.807) is 18.2 Å². The molecular formula is C26H18F4N4O2S. The average Bonchev–Trinajstić information content (AvgIpc) is 3.26. The third-order valence-corrected chi connectivity index (χ3v) is 7.16. The summed E-state index contributed by atoms with van der Waals surface area (Å²) in [6, 6.07) is 15.5. The molecule has 0 atom stereocenters. The van der Waals surface area contributed by atoms with E-state index < -0.39 is 26.7 Å². The van der Waals surface area contributed by atoms with Crippen molar-refractivity contribution in [2.24, 2.45) is 0 Å². The molecule has 6 nitrogen and oxygen atoms in total. The van der Waals surface area contributed by atoms with E-state index in [4.69, 9.17) is 0 Å². The van der Waals surface area contributed by atoms with Gasteiger partial charge in [0.2, 0.25) is 0 Å². The van der Waals surface area contributed by atoms with Crippen molar-refractivity contribution in [3.8, 4) is 11.3 Å². The summed E-state index contributed by atoms with van der Waals surface area (Å²) in [7, 11) is -4.63. The monoisotopic (exact) mass is 526 g/mol. The number of anilines is 1. The first-order chi connectivity index (χ1) is 17.6. The highest BCUT2D eigenvalue weighted by molar-refractivity contribution is 7.92. The maximum atomic E-state index is 13.5. The van der Waals surface area contributed by atoms with E-state index in [1.165, 1.54) is 30.6 Å². The van der Waals surface area contributed by atoms with Crippen LogP contribution in [0.5, 0.6) is 0 Å². The highest BCUT2D eigenvalue weighted by Gasteiger charge is 2.37. The third kappa shape index (κ3) is 5.03. The largest absolute Gasteiger partial charge is 0.417 e. The summed E-state index contributed by atoms with van der Waals surface area (Å²) in [4.78, 5) is 10.4. The first-order valence-electron chi connectivity index (χ1n) is 11.0. The van der Waals surface area contributed by atoms with Gasteiger partial charge in [0.05, 0.1) is 10.5 Å². The molecule has 0 spiro atoms. The molecule has 0 saturated heterocycles. The highest BCUT2D eigenvalue weighted by atomic mass is 32.2. The number of H-pyrrole nitrogens is 1. The Kier molecular flexibility index (Phi) is 6.16. The van der Waals surface area contributed by atoms with Crippen LogP contribution in [0.3, 0.4) is 0 Å². The molecule has 0 radical (unpaired) electrons. The molecular weight excluding hydrogens is 508 g/mol. The van der Waals surface area contributed by atoms with Crippen molar-refractivity contribution in [2.45, 2.75) is 17.5 Å². The summed E-state index contributed by atoms with van der Waals surface area (Å²) in [6.07, 6.45) is 0.110. The Bertz CT molecular complexity index is 1700. The van der Waals surface area contributed by atoms with E-state index in [2.05, 4.69) is 19.7 Å². The Labute approximate surface area is 209 Å². The molecule has 0 fully saturated rings. The molecule has 188 valence electrons. The highest BCUT2D eigenvalue weighted by Crippen LogP contribution is 2.35. The van der Waals surface area contributed by atoms with Crippen LogP contribution >= 0.6 is 0 Å². The number of hydrogen-bond donors (Lipinski definition) is 2. The lowest BCUT2D eigenvalue weighted by atomic mass is 10.0. The minimum Gasteiger partial charge on any atom is -0.361 e. The number of aromatic nitrogens is 3. The van der Waals surface area contributed by atoms with Gasteiger partial charge in [0.25, 0.3) is 10.0 Å². The summed E-state index contributed by atoms with van der Waals surface area (Å²) in [5.74, 6) is -0.534. The molecule has 2 N–H and O–H groups in total. The maximum absolute atomic E-state index is 13.5. The predicted octanol–water partition coefficient (Wildman–Crippen LogP) is 6.17. The molecule has 37 heavy (non-hydrogen) atoms. The van der Waals surface area contributed by atoms with E-state index in [9.17, 15) is 26.0 Å². The maximum Gasteiger partial charge on any atom is 0.417 e.